The monoisotopic (exact) mass is 386 g/mol. The fourth-order valence-corrected chi connectivity index (χ4v) is 3.17. The SMILES string of the molecule is Cc1cccc2cc(C(=O)NC(CCC(F)(F)F)Cc3ccccc3)cnc12. The minimum absolute atomic E-state index is 0.176. The van der Waals surface area contributed by atoms with Crippen LogP contribution >= 0.6 is 0 Å². The van der Waals surface area contributed by atoms with Crippen molar-refractivity contribution in [2.24, 2.45) is 0 Å². The molecular weight excluding hydrogens is 365 g/mol. The molecule has 6 heteroatoms. The number of hydrogen-bond acceptors (Lipinski definition) is 2. The average Bonchev–Trinajstić information content (AvgIpc) is 2.66. The van der Waals surface area contributed by atoms with Gasteiger partial charge in [0.15, 0.2) is 0 Å². The molecule has 0 saturated carbocycles. The molecule has 3 aromatic rings. The summed E-state index contributed by atoms with van der Waals surface area (Å²) in [4.78, 5) is 17.0. The number of pyridine rings is 1. The first-order valence-electron chi connectivity index (χ1n) is 9.09. The number of benzene rings is 2. The zero-order chi connectivity index (χ0) is 20.1. The molecule has 3 nitrogen and oxygen atoms in total. The summed E-state index contributed by atoms with van der Waals surface area (Å²) >= 11 is 0. The minimum Gasteiger partial charge on any atom is -0.349 e. The molecule has 3 rings (SSSR count). The van der Waals surface area contributed by atoms with E-state index >= 15 is 0 Å². The van der Waals surface area contributed by atoms with Crippen LogP contribution in [0.3, 0.4) is 0 Å². The molecule has 0 aliphatic rings. The second-order valence-corrected chi connectivity index (χ2v) is 6.88. The standard InChI is InChI=1S/C22H21F3N2O/c1-15-6-5-9-17-13-18(14-26-20(15)17)21(28)27-19(10-11-22(23,24)25)12-16-7-3-2-4-8-16/h2-9,13-14,19H,10-12H2,1H3,(H,27,28). The van der Waals surface area contributed by atoms with Crippen LogP contribution in [0.4, 0.5) is 13.2 Å². The van der Waals surface area contributed by atoms with Gasteiger partial charge in [0.25, 0.3) is 5.91 Å². The molecule has 28 heavy (non-hydrogen) atoms. The summed E-state index contributed by atoms with van der Waals surface area (Å²) in [5.74, 6) is -0.418. The largest absolute Gasteiger partial charge is 0.389 e. The third-order valence-electron chi connectivity index (χ3n) is 4.61. The van der Waals surface area contributed by atoms with Gasteiger partial charge in [0, 0.05) is 24.0 Å². The topological polar surface area (TPSA) is 42.0 Å². The Morgan fingerprint density at radius 1 is 1.11 bits per heavy atom. The van der Waals surface area contributed by atoms with Gasteiger partial charge in [-0.25, -0.2) is 0 Å². The number of nitrogens with zero attached hydrogens (tertiary/aromatic N) is 1. The van der Waals surface area contributed by atoms with E-state index in [2.05, 4.69) is 10.3 Å². The smallest absolute Gasteiger partial charge is 0.349 e. The van der Waals surface area contributed by atoms with Gasteiger partial charge < -0.3 is 5.32 Å². The molecule has 2 aromatic carbocycles. The fourth-order valence-electron chi connectivity index (χ4n) is 3.17. The van der Waals surface area contributed by atoms with Crippen LogP contribution in [0.1, 0.15) is 34.3 Å². The molecule has 1 unspecified atom stereocenters. The van der Waals surface area contributed by atoms with E-state index in [0.29, 0.717) is 12.0 Å². The van der Waals surface area contributed by atoms with E-state index in [1.165, 1.54) is 6.20 Å². The number of carbonyl (C=O) groups excluding carboxylic acids is 1. The van der Waals surface area contributed by atoms with E-state index in [9.17, 15) is 18.0 Å². The number of nitrogens with one attached hydrogen (secondary N) is 1. The van der Waals surface area contributed by atoms with Gasteiger partial charge in [0.1, 0.15) is 0 Å². The summed E-state index contributed by atoms with van der Waals surface area (Å²) in [6.45, 7) is 1.93. The van der Waals surface area contributed by atoms with Crippen LogP contribution in [-0.2, 0) is 6.42 Å². The lowest BCUT2D eigenvalue weighted by atomic mass is 10.0. The Kier molecular flexibility index (Phi) is 5.97. The van der Waals surface area contributed by atoms with Crippen LogP contribution in [0.15, 0.2) is 60.8 Å². The molecule has 1 heterocycles. The van der Waals surface area contributed by atoms with Gasteiger partial charge in [-0.3, -0.25) is 9.78 Å². The molecule has 0 radical (unpaired) electrons. The van der Waals surface area contributed by atoms with Crippen molar-refractivity contribution in [2.75, 3.05) is 0 Å². The Balaban J connectivity index is 1.77. The normalized spacial score (nSPS) is 12.7. The van der Waals surface area contributed by atoms with Gasteiger partial charge in [-0.05, 0) is 37.0 Å². The van der Waals surface area contributed by atoms with Crippen LogP contribution in [0.25, 0.3) is 10.9 Å². The van der Waals surface area contributed by atoms with Crippen LogP contribution in [-0.4, -0.2) is 23.1 Å². The van der Waals surface area contributed by atoms with Crippen molar-refractivity contribution in [1.82, 2.24) is 10.3 Å². The van der Waals surface area contributed by atoms with E-state index in [1.54, 1.807) is 6.07 Å². The van der Waals surface area contributed by atoms with Crippen molar-refractivity contribution in [3.05, 3.63) is 77.5 Å². The van der Waals surface area contributed by atoms with Crippen molar-refractivity contribution in [3.8, 4) is 0 Å². The predicted molar refractivity (Wildman–Crippen MR) is 103 cm³/mol. The summed E-state index contributed by atoms with van der Waals surface area (Å²) in [5, 5.41) is 3.58. The molecule has 0 fully saturated rings. The van der Waals surface area contributed by atoms with Gasteiger partial charge in [0.2, 0.25) is 0 Å². The molecule has 1 aromatic heterocycles. The number of rotatable bonds is 6. The summed E-state index contributed by atoms with van der Waals surface area (Å²) in [5.41, 5.74) is 3.01. The molecule has 1 N–H and O–H groups in total. The van der Waals surface area contributed by atoms with E-state index < -0.39 is 24.5 Å². The van der Waals surface area contributed by atoms with E-state index in [0.717, 1.165) is 22.0 Å². The summed E-state index contributed by atoms with van der Waals surface area (Å²) in [6, 6.07) is 15.9. The van der Waals surface area contributed by atoms with Gasteiger partial charge in [-0.2, -0.15) is 13.2 Å². The number of amides is 1. The first-order valence-corrected chi connectivity index (χ1v) is 9.09. The summed E-state index contributed by atoms with van der Waals surface area (Å²) in [6.07, 6.45) is -3.58. The number of carbonyl (C=O) groups is 1. The molecule has 1 atom stereocenters. The zero-order valence-corrected chi connectivity index (χ0v) is 15.5. The second kappa shape index (κ2) is 8.42. The average molecular weight is 386 g/mol. The number of para-hydroxylation sites is 1. The Bertz CT molecular complexity index is 955. The maximum Gasteiger partial charge on any atom is 0.389 e. The number of aromatic nitrogens is 1. The Morgan fingerprint density at radius 3 is 2.57 bits per heavy atom. The minimum atomic E-state index is -4.26. The van der Waals surface area contributed by atoms with E-state index in [-0.39, 0.29) is 6.42 Å². The molecule has 0 saturated heterocycles. The first-order chi connectivity index (χ1) is 13.3. The highest BCUT2D eigenvalue weighted by Crippen LogP contribution is 2.23. The molecule has 0 aliphatic heterocycles. The Morgan fingerprint density at radius 2 is 1.86 bits per heavy atom. The van der Waals surface area contributed by atoms with E-state index in [1.807, 2.05) is 55.5 Å². The fraction of sp³-hybridized carbons (Fsp3) is 0.273. The van der Waals surface area contributed by atoms with Crippen LogP contribution in [0, 0.1) is 6.92 Å². The molecular formula is C22H21F3N2O. The van der Waals surface area contributed by atoms with Gasteiger partial charge in [0.05, 0.1) is 11.1 Å². The highest BCUT2D eigenvalue weighted by Gasteiger charge is 2.29. The first kappa shape index (κ1) is 19.9. The predicted octanol–water partition coefficient (Wildman–Crippen LogP) is 5.23. The summed E-state index contributed by atoms with van der Waals surface area (Å²) < 4.78 is 38.1. The number of alkyl halides is 3. The molecule has 146 valence electrons. The molecule has 0 aliphatic carbocycles. The van der Waals surface area contributed by atoms with Crippen LogP contribution in [0.5, 0.6) is 0 Å². The van der Waals surface area contributed by atoms with Gasteiger partial charge in [-0.1, -0.05) is 48.5 Å². The van der Waals surface area contributed by atoms with Crippen molar-refractivity contribution < 1.29 is 18.0 Å². The number of halogens is 3. The third-order valence-corrected chi connectivity index (χ3v) is 4.61. The molecule has 1 amide bonds. The third kappa shape index (κ3) is 5.31. The number of fused-ring (bicyclic) bond motifs is 1. The summed E-state index contributed by atoms with van der Waals surface area (Å²) in [7, 11) is 0. The maximum atomic E-state index is 12.7. The maximum absolute atomic E-state index is 12.7. The lowest BCUT2D eigenvalue weighted by molar-refractivity contribution is -0.136. The number of aryl methyl sites for hydroxylation is 1. The van der Waals surface area contributed by atoms with Crippen LogP contribution in [0.2, 0.25) is 0 Å². The Labute approximate surface area is 161 Å². The molecule has 0 spiro atoms. The van der Waals surface area contributed by atoms with Crippen molar-refractivity contribution >= 4 is 16.8 Å². The zero-order valence-electron chi connectivity index (χ0n) is 15.5. The quantitative estimate of drug-likeness (QED) is 0.631. The Hall–Kier alpha value is -2.89. The van der Waals surface area contributed by atoms with Crippen LogP contribution < -0.4 is 5.32 Å². The molecule has 0 bridgehead atoms. The highest BCUT2D eigenvalue weighted by molar-refractivity contribution is 5.97. The lowest BCUT2D eigenvalue weighted by Crippen LogP contribution is -2.37. The number of hydrogen-bond donors (Lipinski definition) is 1. The van der Waals surface area contributed by atoms with Gasteiger partial charge in [-0.15, -0.1) is 0 Å². The lowest BCUT2D eigenvalue weighted by Gasteiger charge is -2.20. The van der Waals surface area contributed by atoms with Gasteiger partial charge >= 0.3 is 6.18 Å². The second-order valence-electron chi connectivity index (χ2n) is 6.88. The van der Waals surface area contributed by atoms with Crippen molar-refractivity contribution in [2.45, 2.75) is 38.4 Å². The van der Waals surface area contributed by atoms with Crippen molar-refractivity contribution in [1.29, 1.82) is 0 Å². The van der Waals surface area contributed by atoms with Crippen molar-refractivity contribution in [3.63, 3.8) is 0 Å². The highest BCUT2D eigenvalue weighted by atomic mass is 19.4. The van der Waals surface area contributed by atoms with E-state index in [4.69, 9.17) is 0 Å².